The number of fused-ring (bicyclic) bond motifs is 2. The van der Waals surface area contributed by atoms with Gasteiger partial charge in [-0.05, 0) is 54.7 Å². The van der Waals surface area contributed by atoms with E-state index in [1.807, 2.05) is 25.4 Å². The van der Waals surface area contributed by atoms with Crippen LogP contribution in [0.1, 0.15) is 17.0 Å². The quantitative estimate of drug-likeness (QED) is 0.448. The number of aromatic amines is 1. The van der Waals surface area contributed by atoms with Gasteiger partial charge < -0.3 is 4.74 Å². The van der Waals surface area contributed by atoms with Crippen molar-refractivity contribution in [1.29, 1.82) is 0 Å². The lowest BCUT2D eigenvalue weighted by atomic mass is 10.1. The zero-order valence-electron chi connectivity index (χ0n) is 20.8. The smallest absolute Gasteiger partial charge is 0.327 e. The molecule has 1 fully saturated rings. The number of ether oxygens (including phenoxy) is 1. The molecule has 9 nitrogen and oxygen atoms in total. The Kier molecular flexibility index (Phi) is 3.59. The molecule has 0 radical (unpaired) electrons. The highest BCUT2D eigenvalue weighted by molar-refractivity contribution is 5.90. The van der Waals surface area contributed by atoms with E-state index in [0.29, 0.717) is 40.4 Å². The molecule has 2 aromatic carbocycles. The maximum absolute atomic E-state index is 13.9. The number of aromatic nitrogens is 6. The van der Waals surface area contributed by atoms with Gasteiger partial charge in [0.2, 0.25) is 0 Å². The fraction of sp³-hybridized carbons (Fsp3) is 0.250. The van der Waals surface area contributed by atoms with Crippen LogP contribution in [0, 0.1) is 5.92 Å². The number of benzene rings is 2. The summed E-state index contributed by atoms with van der Waals surface area (Å²) in [5, 5.41) is 9.74. The molecule has 0 atom stereocenters. The zero-order valence-corrected chi connectivity index (χ0v) is 17.8. The number of hydrogen-bond donors (Lipinski definition) is 1. The van der Waals surface area contributed by atoms with Gasteiger partial charge in [-0.1, -0.05) is 12.1 Å². The maximum atomic E-state index is 13.9. The van der Waals surface area contributed by atoms with Gasteiger partial charge in [0.05, 0.1) is 27.9 Å². The Morgan fingerprint density at radius 1 is 1.15 bits per heavy atom. The number of aryl methyl sites for hydroxylation is 1. The summed E-state index contributed by atoms with van der Waals surface area (Å²) in [7, 11) is -0.768. The van der Waals surface area contributed by atoms with Gasteiger partial charge in [0.25, 0.3) is 5.56 Å². The van der Waals surface area contributed by atoms with E-state index in [1.165, 1.54) is 16.8 Å². The number of nitrogens with one attached hydrogen (secondary N) is 1. The van der Waals surface area contributed by atoms with E-state index >= 15 is 0 Å². The fourth-order valence-electron chi connectivity index (χ4n) is 4.26. The SMILES string of the molecule is [2H]C([2H])([2H])Oc1ccc(-c2c(=O)n(-c3ccc4nn(C)cc4c3)nc3[nH]c(=O)n(CC4CC4)c23)cc1. The largest absolute Gasteiger partial charge is 0.497 e. The number of imidazole rings is 1. The average molecular weight is 445 g/mol. The molecule has 166 valence electrons. The summed E-state index contributed by atoms with van der Waals surface area (Å²) < 4.78 is 31.5. The standard InChI is InChI=1S/C24H22N6O3/c1-28-13-16-11-17(7-10-19(16)26-28)30-23(31)20(15-5-8-18(33-2)9-6-15)21-22(27-30)25-24(32)29(21)12-14-3-4-14/h5-11,13-14H,3-4,12H2,1-2H3,(H,25,27,32)/i2D3. The van der Waals surface area contributed by atoms with E-state index in [4.69, 9.17) is 8.85 Å². The summed E-state index contributed by atoms with van der Waals surface area (Å²) in [6, 6.07) is 11.6. The van der Waals surface area contributed by atoms with Gasteiger partial charge in [-0.15, -0.1) is 5.10 Å². The van der Waals surface area contributed by atoms with E-state index < -0.39 is 12.6 Å². The molecule has 33 heavy (non-hydrogen) atoms. The molecule has 0 bridgehead atoms. The Hall–Kier alpha value is -4.14. The van der Waals surface area contributed by atoms with Gasteiger partial charge in [-0.3, -0.25) is 19.0 Å². The predicted octanol–water partition coefficient (Wildman–Crippen LogP) is 2.85. The van der Waals surface area contributed by atoms with E-state index in [2.05, 4.69) is 15.2 Å². The highest BCUT2D eigenvalue weighted by Gasteiger charge is 2.26. The van der Waals surface area contributed by atoms with E-state index in [1.54, 1.807) is 27.4 Å². The minimum Gasteiger partial charge on any atom is -0.497 e. The normalized spacial score (nSPS) is 15.5. The third-order valence-electron chi connectivity index (χ3n) is 6.05. The van der Waals surface area contributed by atoms with Crippen LogP contribution >= 0.6 is 0 Å². The summed E-state index contributed by atoms with van der Waals surface area (Å²) >= 11 is 0. The van der Waals surface area contributed by atoms with Gasteiger partial charge in [0.1, 0.15) is 11.3 Å². The van der Waals surface area contributed by atoms with Crippen LogP contribution in [0.5, 0.6) is 5.75 Å². The highest BCUT2D eigenvalue weighted by atomic mass is 16.5. The Morgan fingerprint density at radius 3 is 2.73 bits per heavy atom. The molecule has 0 saturated heterocycles. The second-order valence-electron chi connectivity index (χ2n) is 8.45. The van der Waals surface area contributed by atoms with Crippen LogP contribution < -0.4 is 16.0 Å². The van der Waals surface area contributed by atoms with Crippen molar-refractivity contribution in [3.63, 3.8) is 0 Å². The average Bonchev–Trinajstić information content (AvgIpc) is 3.48. The Labute approximate surface area is 192 Å². The molecule has 1 aliphatic carbocycles. The first-order chi connectivity index (χ1) is 17.2. The summed E-state index contributed by atoms with van der Waals surface area (Å²) in [4.78, 5) is 29.6. The molecule has 6 rings (SSSR count). The second-order valence-corrected chi connectivity index (χ2v) is 8.45. The molecule has 1 N–H and O–H groups in total. The molecule has 1 saturated carbocycles. The van der Waals surface area contributed by atoms with Gasteiger partial charge in [-0.2, -0.15) is 9.78 Å². The van der Waals surface area contributed by atoms with Gasteiger partial charge in [0, 0.05) is 25.2 Å². The van der Waals surface area contributed by atoms with Gasteiger partial charge in [0.15, 0.2) is 5.65 Å². The van der Waals surface area contributed by atoms with Crippen molar-refractivity contribution in [2.45, 2.75) is 19.4 Å². The highest BCUT2D eigenvalue weighted by Crippen LogP contribution is 2.32. The Balaban J connectivity index is 1.58. The topological polar surface area (TPSA) is 99.7 Å². The molecule has 1 aliphatic rings. The van der Waals surface area contributed by atoms with Crippen LogP contribution in [-0.4, -0.2) is 36.2 Å². The minimum atomic E-state index is -2.59. The van der Waals surface area contributed by atoms with Crippen LogP contribution in [0.3, 0.4) is 0 Å². The third kappa shape index (κ3) is 3.24. The summed E-state index contributed by atoms with van der Waals surface area (Å²) in [5.74, 6) is 0.538. The van der Waals surface area contributed by atoms with Crippen molar-refractivity contribution in [2.24, 2.45) is 13.0 Å². The molecular weight excluding hydrogens is 420 g/mol. The lowest BCUT2D eigenvalue weighted by Gasteiger charge is -2.12. The van der Waals surface area contributed by atoms with Gasteiger partial charge in [-0.25, -0.2) is 4.79 Å². The molecule has 5 aromatic rings. The molecule has 0 aliphatic heterocycles. The first kappa shape index (κ1) is 16.5. The van der Waals surface area contributed by atoms with Gasteiger partial charge >= 0.3 is 5.69 Å². The van der Waals surface area contributed by atoms with Crippen molar-refractivity contribution < 1.29 is 8.85 Å². The van der Waals surface area contributed by atoms with Crippen molar-refractivity contribution in [3.05, 3.63) is 69.5 Å². The molecule has 3 aromatic heterocycles. The first-order valence-corrected chi connectivity index (χ1v) is 10.7. The van der Waals surface area contributed by atoms with Crippen molar-refractivity contribution in [2.75, 3.05) is 7.04 Å². The number of methoxy groups -OCH3 is 1. The molecular formula is C24H22N6O3. The predicted molar refractivity (Wildman–Crippen MR) is 125 cm³/mol. The van der Waals surface area contributed by atoms with E-state index in [9.17, 15) is 9.59 Å². The first-order valence-electron chi connectivity index (χ1n) is 12.2. The fourth-order valence-corrected chi connectivity index (χ4v) is 4.26. The Morgan fingerprint density at radius 2 is 1.97 bits per heavy atom. The number of nitrogens with zero attached hydrogens (tertiary/aromatic N) is 5. The molecule has 0 spiro atoms. The summed E-state index contributed by atoms with van der Waals surface area (Å²) in [5.41, 5.74) is 2.12. The zero-order chi connectivity index (χ0) is 25.2. The van der Waals surface area contributed by atoms with Crippen LogP contribution in [0.4, 0.5) is 0 Å². The van der Waals surface area contributed by atoms with Crippen LogP contribution in [0.15, 0.2) is 58.3 Å². The van der Waals surface area contributed by atoms with Crippen molar-refractivity contribution >= 4 is 22.1 Å². The lowest BCUT2D eigenvalue weighted by molar-refractivity contribution is 0.415. The maximum Gasteiger partial charge on any atom is 0.327 e. The molecule has 9 heteroatoms. The number of H-pyrrole nitrogens is 1. The third-order valence-corrected chi connectivity index (χ3v) is 6.05. The Bertz CT molecular complexity index is 1740. The number of hydrogen-bond acceptors (Lipinski definition) is 5. The van der Waals surface area contributed by atoms with Crippen LogP contribution in [-0.2, 0) is 13.6 Å². The molecule has 0 amide bonds. The molecule has 0 unspecified atom stereocenters. The van der Waals surface area contributed by atoms with Crippen LogP contribution in [0.2, 0.25) is 0 Å². The van der Waals surface area contributed by atoms with Crippen LogP contribution in [0.25, 0.3) is 38.9 Å². The van der Waals surface area contributed by atoms with E-state index in [0.717, 1.165) is 23.7 Å². The minimum absolute atomic E-state index is 0.149. The second kappa shape index (κ2) is 7.19. The molecule has 3 heterocycles. The lowest BCUT2D eigenvalue weighted by Crippen LogP contribution is -2.24. The van der Waals surface area contributed by atoms with Crippen molar-refractivity contribution in [1.82, 2.24) is 29.1 Å². The monoisotopic (exact) mass is 445 g/mol. The summed E-state index contributed by atoms with van der Waals surface area (Å²) in [6.07, 6.45) is 3.91. The van der Waals surface area contributed by atoms with Crippen molar-refractivity contribution in [3.8, 4) is 22.6 Å². The summed E-state index contributed by atoms with van der Waals surface area (Å²) in [6.45, 7) is 0.499. The van der Waals surface area contributed by atoms with E-state index in [-0.39, 0.29) is 11.4 Å². The number of rotatable bonds is 5.